The molecule has 0 aliphatic rings. The van der Waals surface area contributed by atoms with Crippen LogP contribution in [-0.2, 0) is 4.79 Å². The van der Waals surface area contributed by atoms with Gasteiger partial charge in [0.2, 0.25) is 5.91 Å². The van der Waals surface area contributed by atoms with E-state index >= 15 is 0 Å². The number of rotatable bonds is 8. The maximum absolute atomic E-state index is 13.7. The van der Waals surface area contributed by atoms with Crippen molar-refractivity contribution in [3.8, 4) is 11.4 Å². The molecular weight excluding hydrogens is 462 g/mol. The van der Waals surface area contributed by atoms with Crippen LogP contribution in [0.15, 0.2) is 83.7 Å². The topological polar surface area (TPSA) is 64.4 Å². The molecule has 0 aliphatic heterocycles. The Balaban J connectivity index is 1.85. The Labute approximate surface area is 209 Å². The number of alkyl halides is 1. The Morgan fingerprint density at radius 2 is 1.69 bits per heavy atom. The number of amides is 1. The zero-order valence-corrected chi connectivity index (χ0v) is 20.8. The molecule has 1 amide bonds. The first kappa shape index (κ1) is 24.5. The quantitative estimate of drug-likeness (QED) is 0.299. The summed E-state index contributed by atoms with van der Waals surface area (Å²) in [6.45, 7) is 4.36. The van der Waals surface area contributed by atoms with Gasteiger partial charge in [0.25, 0.3) is 5.56 Å². The molecule has 0 radical (unpaired) electrons. The summed E-state index contributed by atoms with van der Waals surface area (Å²) in [4.78, 5) is 33.8. The van der Waals surface area contributed by atoms with Crippen LogP contribution in [0.2, 0.25) is 0 Å². The number of benzene rings is 3. The number of hydrogen-bond donors (Lipinski definition) is 0. The Morgan fingerprint density at radius 1 is 1.03 bits per heavy atom. The van der Waals surface area contributed by atoms with Crippen molar-refractivity contribution in [2.24, 2.45) is 0 Å². The average molecular weight is 490 g/mol. The van der Waals surface area contributed by atoms with Crippen LogP contribution >= 0.6 is 11.6 Å². The van der Waals surface area contributed by atoms with Gasteiger partial charge in [-0.25, -0.2) is 4.98 Å². The first-order valence-corrected chi connectivity index (χ1v) is 12.1. The Hall–Kier alpha value is -3.64. The van der Waals surface area contributed by atoms with Crippen molar-refractivity contribution in [1.82, 2.24) is 14.5 Å². The maximum atomic E-state index is 13.7. The van der Waals surface area contributed by atoms with Gasteiger partial charge < -0.3 is 9.64 Å². The summed E-state index contributed by atoms with van der Waals surface area (Å²) in [6, 6.07) is 23.2. The van der Waals surface area contributed by atoms with Gasteiger partial charge in [-0.3, -0.25) is 14.2 Å². The van der Waals surface area contributed by atoms with E-state index in [4.69, 9.17) is 21.3 Å². The molecule has 2 unspecified atom stereocenters. The molecule has 2 atom stereocenters. The lowest BCUT2D eigenvalue weighted by Crippen LogP contribution is -2.39. The SMILES string of the molecule is CCCN(C(=O)C(Cl)c1ccccc1)C(C)c1nc2ccccc2c(=O)n1-c1ccc(OC)cc1. The number of methoxy groups -OCH3 is 1. The molecular formula is C28H28ClN3O3. The molecule has 0 aliphatic carbocycles. The van der Waals surface area contributed by atoms with Crippen LogP contribution in [0.1, 0.15) is 43.1 Å². The molecule has 0 N–H and O–H groups in total. The van der Waals surface area contributed by atoms with Gasteiger partial charge in [-0.1, -0.05) is 49.4 Å². The Kier molecular flexibility index (Phi) is 7.51. The maximum Gasteiger partial charge on any atom is 0.266 e. The van der Waals surface area contributed by atoms with Crippen LogP contribution in [0.4, 0.5) is 0 Å². The number of fused-ring (bicyclic) bond motifs is 1. The highest BCUT2D eigenvalue weighted by Crippen LogP contribution is 2.29. The fourth-order valence-corrected chi connectivity index (χ4v) is 4.47. The number of carbonyl (C=O) groups is 1. The summed E-state index contributed by atoms with van der Waals surface area (Å²) < 4.78 is 6.86. The first-order chi connectivity index (χ1) is 17.0. The standard InChI is InChI=1S/C28H28ClN3O3/c1-4-18-31(28(34)25(29)20-10-6-5-7-11-20)19(2)26-30-24-13-9-8-12-23(24)27(33)32(26)21-14-16-22(35-3)17-15-21/h5-17,19,25H,4,18H2,1-3H3. The van der Waals surface area contributed by atoms with E-state index < -0.39 is 11.4 Å². The van der Waals surface area contributed by atoms with Crippen LogP contribution in [0.3, 0.4) is 0 Å². The van der Waals surface area contributed by atoms with Crippen molar-refractivity contribution in [1.29, 1.82) is 0 Å². The molecule has 4 rings (SSSR count). The predicted molar refractivity (Wildman–Crippen MR) is 139 cm³/mol. The second-order valence-electron chi connectivity index (χ2n) is 8.31. The highest BCUT2D eigenvalue weighted by Gasteiger charge is 2.30. The van der Waals surface area contributed by atoms with E-state index in [1.807, 2.05) is 74.5 Å². The fraction of sp³-hybridized carbons (Fsp3) is 0.250. The van der Waals surface area contributed by atoms with Crippen molar-refractivity contribution < 1.29 is 9.53 Å². The molecule has 0 saturated heterocycles. The highest BCUT2D eigenvalue weighted by atomic mass is 35.5. The lowest BCUT2D eigenvalue weighted by atomic mass is 10.1. The zero-order chi connectivity index (χ0) is 24.9. The molecule has 1 heterocycles. The summed E-state index contributed by atoms with van der Waals surface area (Å²) in [5.41, 5.74) is 1.76. The van der Waals surface area contributed by atoms with Crippen LogP contribution in [0, 0.1) is 0 Å². The van der Waals surface area contributed by atoms with E-state index in [-0.39, 0.29) is 11.5 Å². The van der Waals surface area contributed by atoms with Crippen molar-refractivity contribution in [3.63, 3.8) is 0 Å². The second kappa shape index (κ2) is 10.7. The van der Waals surface area contributed by atoms with Gasteiger partial charge in [0.05, 0.1) is 29.7 Å². The third-order valence-corrected chi connectivity index (χ3v) is 6.47. The number of ether oxygens (including phenoxy) is 1. The smallest absolute Gasteiger partial charge is 0.266 e. The summed E-state index contributed by atoms with van der Waals surface area (Å²) in [5.74, 6) is 0.925. The molecule has 1 aromatic heterocycles. The predicted octanol–water partition coefficient (Wildman–Crippen LogP) is 5.67. The molecule has 6 nitrogen and oxygen atoms in total. The molecule has 0 spiro atoms. The Morgan fingerprint density at radius 3 is 2.34 bits per heavy atom. The zero-order valence-electron chi connectivity index (χ0n) is 20.0. The van der Waals surface area contributed by atoms with Gasteiger partial charge in [0, 0.05) is 6.54 Å². The lowest BCUT2D eigenvalue weighted by molar-refractivity contribution is -0.133. The third kappa shape index (κ3) is 4.93. The van der Waals surface area contributed by atoms with Crippen LogP contribution in [-0.4, -0.2) is 34.0 Å². The first-order valence-electron chi connectivity index (χ1n) is 11.6. The van der Waals surface area contributed by atoms with Crippen LogP contribution < -0.4 is 10.3 Å². The minimum Gasteiger partial charge on any atom is -0.497 e. The number of aromatic nitrogens is 2. The molecule has 4 aromatic rings. The van der Waals surface area contributed by atoms with Crippen molar-refractivity contribution in [2.45, 2.75) is 31.7 Å². The minimum absolute atomic E-state index is 0.197. The van der Waals surface area contributed by atoms with E-state index in [1.165, 1.54) is 0 Å². The average Bonchev–Trinajstić information content (AvgIpc) is 2.91. The van der Waals surface area contributed by atoms with Crippen molar-refractivity contribution in [3.05, 3.63) is 101 Å². The summed E-state index contributed by atoms with van der Waals surface area (Å²) in [7, 11) is 1.59. The molecule has 0 saturated carbocycles. The normalized spacial score (nSPS) is 12.8. The Bertz CT molecular complexity index is 1370. The molecule has 35 heavy (non-hydrogen) atoms. The summed E-state index contributed by atoms with van der Waals surface area (Å²) in [6.07, 6.45) is 0.731. The van der Waals surface area contributed by atoms with Crippen LogP contribution in [0.5, 0.6) is 5.75 Å². The van der Waals surface area contributed by atoms with Crippen LogP contribution in [0.25, 0.3) is 16.6 Å². The van der Waals surface area contributed by atoms with Crippen molar-refractivity contribution in [2.75, 3.05) is 13.7 Å². The number of halogens is 1. The summed E-state index contributed by atoms with van der Waals surface area (Å²) >= 11 is 6.64. The number of para-hydroxylation sites is 1. The lowest BCUT2D eigenvalue weighted by Gasteiger charge is -2.32. The molecule has 0 bridgehead atoms. The van der Waals surface area contributed by atoms with E-state index in [0.29, 0.717) is 34.7 Å². The van der Waals surface area contributed by atoms with E-state index in [9.17, 15) is 9.59 Å². The molecule has 7 heteroatoms. The van der Waals surface area contributed by atoms with E-state index in [1.54, 1.807) is 34.8 Å². The van der Waals surface area contributed by atoms with Crippen molar-refractivity contribution >= 4 is 28.4 Å². The van der Waals surface area contributed by atoms with E-state index in [2.05, 4.69) is 0 Å². The second-order valence-corrected chi connectivity index (χ2v) is 8.74. The van der Waals surface area contributed by atoms with E-state index in [0.717, 1.165) is 12.0 Å². The monoisotopic (exact) mass is 489 g/mol. The molecule has 180 valence electrons. The fourth-order valence-electron chi connectivity index (χ4n) is 4.20. The van der Waals surface area contributed by atoms with Gasteiger partial charge in [0.1, 0.15) is 17.0 Å². The van der Waals surface area contributed by atoms with Gasteiger partial charge in [-0.05, 0) is 55.3 Å². The molecule has 0 fully saturated rings. The number of carbonyl (C=O) groups excluding carboxylic acids is 1. The van der Waals surface area contributed by atoms with Gasteiger partial charge in [0.15, 0.2) is 0 Å². The number of hydrogen-bond acceptors (Lipinski definition) is 4. The van der Waals surface area contributed by atoms with Gasteiger partial charge >= 0.3 is 0 Å². The van der Waals surface area contributed by atoms with Gasteiger partial charge in [-0.15, -0.1) is 11.6 Å². The number of nitrogens with zero attached hydrogens (tertiary/aromatic N) is 3. The van der Waals surface area contributed by atoms with Gasteiger partial charge in [-0.2, -0.15) is 0 Å². The third-order valence-electron chi connectivity index (χ3n) is 6.03. The highest BCUT2D eigenvalue weighted by molar-refractivity contribution is 6.30. The molecule has 3 aromatic carbocycles. The largest absolute Gasteiger partial charge is 0.497 e. The summed E-state index contributed by atoms with van der Waals surface area (Å²) in [5, 5.41) is -0.334. The minimum atomic E-state index is -0.841.